The summed E-state index contributed by atoms with van der Waals surface area (Å²) in [6.07, 6.45) is -0.547. The van der Waals surface area contributed by atoms with Gasteiger partial charge in [-0.25, -0.2) is 9.18 Å². The zero-order valence-electron chi connectivity index (χ0n) is 12.5. The molecule has 0 atom stereocenters. The van der Waals surface area contributed by atoms with Gasteiger partial charge in [-0.15, -0.1) is 0 Å². The van der Waals surface area contributed by atoms with Crippen molar-refractivity contribution in [3.05, 3.63) is 48.3 Å². The molecule has 0 aliphatic heterocycles. The van der Waals surface area contributed by atoms with E-state index >= 15 is 0 Å². The Morgan fingerprint density at radius 3 is 2.45 bits per heavy atom. The van der Waals surface area contributed by atoms with Gasteiger partial charge in [-0.1, -0.05) is 0 Å². The van der Waals surface area contributed by atoms with E-state index in [0.717, 1.165) is 11.4 Å². The standard InChI is InChI=1S/C16H18FN3O2/c1-3-22-16(21)19-15-9-8-13(10-14(15)18)20(2)12-6-4-11(17)5-7-12/h4-10H,3,18H2,1-2H3,(H,19,21). The molecule has 2 aromatic carbocycles. The van der Waals surface area contributed by atoms with Crippen molar-refractivity contribution in [1.82, 2.24) is 0 Å². The minimum Gasteiger partial charge on any atom is -0.450 e. The van der Waals surface area contributed by atoms with Crippen LogP contribution in [0.1, 0.15) is 6.92 Å². The summed E-state index contributed by atoms with van der Waals surface area (Å²) in [6.45, 7) is 2.01. The number of carbonyl (C=O) groups excluding carboxylic acids is 1. The zero-order chi connectivity index (χ0) is 16.1. The number of nitrogen functional groups attached to an aromatic ring is 1. The monoisotopic (exact) mass is 303 g/mol. The van der Waals surface area contributed by atoms with Gasteiger partial charge in [0.25, 0.3) is 0 Å². The van der Waals surface area contributed by atoms with Crippen molar-refractivity contribution in [3.8, 4) is 0 Å². The highest BCUT2D eigenvalue weighted by atomic mass is 19.1. The summed E-state index contributed by atoms with van der Waals surface area (Å²) >= 11 is 0. The fraction of sp³-hybridized carbons (Fsp3) is 0.188. The van der Waals surface area contributed by atoms with Gasteiger partial charge in [0, 0.05) is 18.4 Å². The fourth-order valence-electron chi connectivity index (χ4n) is 1.96. The van der Waals surface area contributed by atoms with Gasteiger partial charge in [-0.3, -0.25) is 5.32 Å². The van der Waals surface area contributed by atoms with E-state index in [9.17, 15) is 9.18 Å². The number of hydrogen-bond donors (Lipinski definition) is 2. The highest BCUT2D eigenvalue weighted by Crippen LogP contribution is 2.29. The number of carbonyl (C=O) groups is 1. The molecule has 0 fully saturated rings. The number of nitrogens with two attached hydrogens (primary N) is 1. The summed E-state index contributed by atoms with van der Waals surface area (Å²) in [5, 5.41) is 2.57. The van der Waals surface area contributed by atoms with Gasteiger partial charge in [-0.05, 0) is 49.4 Å². The first-order valence-corrected chi connectivity index (χ1v) is 6.84. The summed E-state index contributed by atoms with van der Waals surface area (Å²) in [5.41, 5.74) is 8.49. The Kier molecular flexibility index (Phi) is 4.83. The maximum Gasteiger partial charge on any atom is 0.411 e. The van der Waals surface area contributed by atoms with Crippen LogP contribution < -0.4 is 16.0 Å². The molecule has 2 rings (SSSR count). The fourth-order valence-corrected chi connectivity index (χ4v) is 1.96. The first kappa shape index (κ1) is 15.6. The van der Waals surface area contributed by atoms with Crippen molar-refractivity contribution in [1.29, 1.82) is 0 Å². The SMILES string of the molecule is CCOC(=O)Nc1ccc(N(C)c2ccc(F)cc2)cc1N. The molecule has 0 heterocycles. The Morgan fingerprint density at radius 1 is 1.23 bits per heavy atom. The lowest BCUT2D eigenvalue weighted by Crippen LogP contribution is -2.15. The smallest absolute Gasteiger partial charge is 0.411 e. The third-order valence-corrected chi connectivity index (χ3v) is 3.15. The Hall–Kier alpha value is -2.76. The predicted molar refractivity (Wildman–Crippen MR) is 86.0 cm³/mol. The third-order valence-electron chi connectivity index (χ3n) is 3.15. The minimum atomic E-state index is -0.547. The van der Waals surface area contributed by atoms with Crippen LogP contribution in [0.15, 0.2) is 42.5 Å². The normalized spacial score (nSPS) is 10.1. The summed E-state index contributed by atoms with van der Waals surface area (Å²) in [6, 6.07) is 11.4. The van der Waals surface area contributed by atoms with Crippen molar-refractivity contribution in [2.45, 2.75) is 6.92 Å². The summed E-state index contributed by atoms with van der Waals surface area (Å²) in [4.78, 5) is 13.3. The quantitative estimate of drug-likeness (QED) is 0.844. The zero-order valence-corrected chi connectivity index (χ0v) is 12.5. The third kappa shape index (κ3) is 3.66. The maximum absolute atomic E-state index is 13.0. The van der Waals surface area contributed by atoms with Gasteiger partial charge in [0.15, 0.2) is 0 Å². The molecular weight excluding hydrogens is 285 g/mol. The van der Waals surface area contributed by atoms with Crippen LogP contribution in [0.5, 0.6) is 0 Å². The number of rotatable bonds is 4. The highest BCUT2D eigenvalue weighted by molar-refractivity contribution is 5.90. The number of halogens is 1. The summed E-state index contributed by atoms with van der Waals surface area (Å²) < 4.78 is 17.8. The lowest BCUT2D eigenvalue weighted by molar-refractivity contribution is 0.168. The van der Waals surface area contributed by atoms with E-state index < -0.39 is 6.09 Å². The topological polar surface area (TPSA) is 67.6 Å². The lowest BCUT2D eigenvalue weighted by Gasteiger charge is -2.20. The molecule has 0 aliphatic carbocycles. The van der Waals surface area contributed by atoms with Crippen LogP contribution in [-0.4, -0.2) is 19.7 Å². The molecule has 6 heteroatoms. The van der Waals surface area contributed by atoms with Crippen LogP contribution in [0.25, 0.3) is 0 Å². The Balaban J connectivity index is 2.17. The van der Waals surface area contributed by atoms with E-state index in [1.807, 2.05) is 11.9 Å². The van der Waals surface area contributed by atoms with Crippen LogP contribution in [0.2, 0.25) is 0 Å². The van der Waals surface area contributed by atoms with Crippen molar-refractivity contribution in [2.24, 2.45) is 0 Å². The van der Waals surface area contributed by atoms with Crippen LogP contribution >= 0.6 is 0 Å². The number of benzene rings is 2. The lowest BCUT2D eigenvalue weighted by atomic mass is 10.2. The van der Waals surface area contributed by atoms with Crippen molar-refractivity contribution < 1.29 is 13.9 Å². The number of nitrogens with one attached hydrogen (secondary N) is 1. The van der Waals surface area contributed by atoms with Crippen molar-refractivity contribution in [3.63, 3.8) is 0 Å². The average Bonchev–Trinajstić information content (AvgIpc) is 2.49. The first-order chi connectivity index (χ1) is 10.5. The van der Waals surface area contributed by atoms with Gasteiger partial charge in [0.2, 0.25) is 0 Å². The Morgan fingerprint density at radius 2 is 1.86 bits per heavy atom. The minimum absolute atomic E-state index is 0.286. The second-order valence-electron chi connectivity index (χ2n) is 4.65. The van der Waals surface area contributed by atoms with Crippen LogP contribution in [0, 0.1) is 5.82 Å². The molecule has 0 aromatic heterocycles. The molecule has 0 saturated carbocycles. The molecule has 0 saturated heterocycles. The van der Waals surface area contributed by atoms with Gasteiger partial charge in [0.05, 0.1) is 18.0 Å². The maximum atomic E-state index is 13.0. The second-order valence-corrected chi connectivity index (χ2v) is 4.65. The number of nitrogens with zero attached hydrogens (tertiary/aromatic N) is 1. The number of amides is 1. The average molecular weight is 303 g/mol. The molecule has 0 spiro atoms. The van der Waals surface area contributed by atoms with E-state index in [1.165, 1.54) is 12.1 Å². The van der Waals surface area contributed by atoms with Gasteiger partial charge < -0.3 is 15.4 Å². The molecule has 2 aromatic rings. The molecule has 22 heavy (non-hydrogen) atoms. The number of ether oxygens (including phenoxy) is 1. The molecular formula is C16H18FN3O2. The van der Waals surface area contributed by atoms with E-state index in [0.29, 0.717) is 11.4 Å². The number of anilines is 4. The molecule has 116 valence electrons. The van der Waals surface area contributed by atoms with Crippen molar-refractivity contribution >= 4 is 28.8 Å². The Bertz CT molecular complexity index is 659. The second kappa shape index (κ2) is 6.80. The van der Waals surface area contributed by atoms with Crippen molar-refractivity contribution in [2.75, 3.05) is 29.6 Å². The van der Waals surface area contributed by atoms with Crippen LogP contribution in [0.4, 0.5) is 31.9 Å². The largest absolute Gasteiger partial charge is 0.450 e. The number of hydrogen-bond acceptors (Lipinski definition) is 4. The molecule has 3 N–H and O–H groups in total. The molecule has 1 amide bonds. The molecule has 0 bridgehead atoms. The highest BCUT2D eigenvalue weighted by Gasteiger charge is 2.09. The first-order valence-electron chi connectivity index (χ1n) is 6.84. The summed E-state index contributed by atoms with van der Waals surface area (Å²) in [7, 11) is 1.85. The molecule has 0 aliphatic rings. The van der Waals surface area contributed by atoms with Crippen LogP contribution in [-0.2, 0) is 4.74 Å². The van der Waals surface area contributed by atoms with Gasteiger partial charge in [-0.2, -0.15) is 0 Å². The van der Waals surface area contributed by atoms with E-state index in [4.69, 9.17) is 10.5 Å². The molecule has 0 unspecified atom stereocenters. The van der Waals surface area contributed by atoms with E-state index in [2.05, 4.69) is 5.32 Å². The molecule has 0 radical (unpaired) electrons. The van der Waals surface area contributed by atoms with E-state index in [1.54, 1.807) is 37.3 Å². The summed E-state index contributed by atoms with van der Waals surface area (Å²) in [5.74, 6) is -0.286. The van der Waals surface area contributed by atoms with Gasteiger partial charge >= 0.3 is 6.09 Å². The van der Waals surface area contributed by atoms with Gasteiger partial charge in [0.1, 0.15) is 5.82 Å². The predicted octanol–water partition coefficient (Wildman–Crippen LogP) is 3.74. The Labute approximate surface area is 128 Å². The molecule has 5 nitrogen and oxygen atoms in total. The van der Waals surface area contributed by atoms with E-state index in [-0.39, 0.29) is 12.4 Å². The van der Waals surface area contributed by atoms with Crippen LogP contribution in [0.3, 0.4) is 0 Å².